The minimum atomic E-state index is -1.04. The molecule has 0 radical (unpaired) electrons. The normalized spacial score (nSPS) is 12.3. The Morgan fingerprint density at radius 3 is 2.04 bits per heavy atom. The first-order valence-corrected chi connectivity index (χ1v) is 9.66. The molecule has 0 fully saturated rings. The molecular formula is C21H28O4S. The van der Waals surface area contributed by atoms with Crippen LogP contribution in [0, 0.1) is 5.92 Å². The highest BCUT2D eigenvalue weighted by Gasteiger charge is 2.23. The Hall–Kier alpha value is -2.14. The molecule has 1 atom stereocenters. The first kappa shape index (κ1) is 23.9. The summed E-state index contributed by atoms with van der Waals surface area (Å²) in [6.07, 6.45) is 5.62. The van der Waals surface area contributed by atoms with Crippen LogP contribution in [0.1, 0.15) is 57.0 Å². The summed E-state index contributed by atoms with van der Waals surface area (Å²) >= 11 is 0.981. The van der Waals surface area contributed by atoms with Gasteiger partial charge in [0.25, 0.3) is 0 Å². The van der Waals surface area contributed by atoms with Gasteiger partial charge in [-0.25, -0.2) is 0 Å². The second-order valence-electron chi connectivity index (χ2n) is 5.28. The molecule has 0 saturated heterocycles. The van der Waals surface area contributed by atoms with Gasteiger partial charge in [0.1, 0.15) is 0 Å². The van der Waals surface area contributed by atoms with Crippen LogP contribution < -0.4 is 0 Å². The van der Waals surface area contributed by atoms with Crippen LogP contribution in [-0.2, 0) is 9.59 Å². The molecule has 26 heavy (non-hydrogen) atoms. The van der Waals surface area contributed by atoms with Gasteiger partial charge in [0.2, 0.25) is 0 Å². The highest BCUT2D eigenvalue weighted by molar-refractivity contribution is 8.13. The number of hydrogen-bond donors (Lipinski definition) is 1. The standard InChI is InChI=1S/C19H22O4S.C2H6/c1-4-6-14(5-2)15-7-9-16(10-8-15)19(23)17(11-18(21)22)12-24-13(3)20;1-2/h4-10,17H,11-12H2,1-3H3,(H,21,22);1-2H3/b6-4-,14-5+;. The SMILES string of the molecule is C/C=C\C(=C/C)c1ccc(C(=O)C(CSC(C)=O)CC(=O)O)cc1.CC. The number of carboxylic acids is 1. The third-order valence-corrected chi connectivity index (χ3v) is 4.42. The first-order chi connectivity index (χ1) is 12.4. The lowest BCUT2D eigenvalue weighted by molar-refractivity contribution is -0.137. The predicted molar refractivity (Wildman–Crippen MR) is 109 cm³/mol. The summed E-state index contributed by atoms with van der Waals surface area (Å²) in [6.45, 7) is 9.28. The zero-order valence-corrected chi connectivity index (χ0v) is 16.9. The summed E-state index contributed by atoms with van der Waals surface area (Å²) in [4.78, 5) is 34.6. The molecule has 0 aliphatic rings. The van der Waals surface area contributed by atoms with E-state index in [4.69, 9.17) is 5.11 Å². The maximum atomic E-state index is 12.6. The molecule has 0 aromatic heterocycles. The average molecular weight is 377 g/mol. The fraction of sp³-hybridized carbons (Fsp3) is 0.381. The predicted octanol–water partition coefficient (Wildman–Crippen LogP) is 5.25. The quantitative estimate of drug-likeness (QED) is 0.496. The van der Waals surface area contributed by atoms with Gasteiger partial charge in [-0.15, -0.1) is 0 Å². The topological polar surface area (TPSA) is 71.4 Å². The fourth-order valence-electron chi connectivity index (χ4n) is 2.26. The number of Topliss-reactive ketones (excluding diaryl/α,β-unsaturated/α-hetero) is 1. The molecule has 0 aliphatic carbocycles. The van der Waals surface area contributed by atoms with E-state index >= 15 is 0 Å². The van der Waals surface area contributed by atoms with Crippen molar-refractivity contribution < 1.29 is 19.5 Å². The number of aliphatic carboxylic acids is 1. The molecule has 0 bridgehead atoms. The summed E-state index contributed by atoms with van der Waals surface area (Å²) in [5.41, 5.74) is 2.50. The van der Waals surface area contributed by atoms with Crippen molar-refractivity contribution in [3.8, 4) is 0 Å². The molecule has 1 aromatic carbocycles. The summed E-state index contributed by atoms with van der Waals surface area (Å²) in [5, 5.41) is 8.86. The van der Waals surface area contributed by atoms with Crippen molar-refractivity contribution in [1.82, 2.24) is 0 Å². The van der Waals surface area contributed by atoms with Gasteiger partial charge in [-0.2, -0.15) is 0 Å². The van der Waals surface area contributed by atoms with Crippen LogP contribution in [0.25, 0.3) is 5.57 Å². The minimum Gasteiger partial charge on any atom is -0.481 e. The van der Waals surface area contributed by atoms with E-state index in [-0.39, 0.29) is 23.1 Å². The smallest absolute Gasteiger partial charge is 0.304 e. The number of carbonyl (C=O) groups is 3. The Kier molecular flexibility index (Phi) is 12.0. The van der Waals surface area contributed by atoms with E-state index in [1.165, 1.54) is 6.92 Å². The Bertz CT molecular complexity index is 657. The second kappa shape index (κ2) is 13.1. The number of ketones is 1. The van der Waals surface area contributed by atoms with Crippen molar-refractivity contribution in [3.63, 3.8) is 0 Å². The Morgan fingerprint density at radius 1 is 1.08 bits per heavy atom. The van der Waals surface area contributed by atoms with E-state index in [1.54, 1.807) is 12.1 Å². The third kappa shape index (κ3) is 8.30. The maximum Gasteiger partial charge on any atom is 0.304 e. The number of hydrogen-bond acceptors (Lipinski definition) is 4. The highest BCUT2D eigenvalue weighted by Crippen LogP contribution is 2.21. The number of allylic oxidation sites excluding steroid dienone is 4. The highest BCUT2D eigenvalue weighted by atomic mass is 32.2. The van der Waals surface area contributed by atoms with Crippen LogP contribution in [0.2, 0.25) is 0 Å². The zero-order valence-electron chi connectivity index (χ0n) is 16.1. The van der Waals surface area contributed by atoms with Crippen molar-refractivity contribution in [2.24, 2.45) is 5.92 Å². The fourth-order valence-corrected chi connectivity index (χ4v) is 2.96. The van der Waals surface area contributed by atoms with Gasteiger partial charge in [-0.1, -0.05) is 68.1 Å². The lowest BCUT2D eigenvalue weighted by Crippen LogP contribution is -2.21. The van der Waals surface area contributed by atoms with Crippen LogP contribution >= 0.6 is 11.8 Å². The van der Waals surface area contributed by atoms with Gasteiger partial charge in [0.05, 0.1) is 6.42 Å². The Balaban J connectivity index is 0.00000301. The monoisotopic (exact) mass is 376 g/mol. The first-order valence-electron chi connectivity index (χ1n) is 8.67. The lowest BCUT2D eigenvalue weighted by Gasteiger charge is -2.13. The van der Waals surface area contributed by atoms with Crippen molar-refractivity contribution >= 4 is 34.2 Å². The van der Waals surface area contributed by atoms with Crippen molar-refractivity contribution in [3.05, 3.63) is 53.6 Å². The molecule has 0 saturated carbocycles. The van der Waals surface area contributed by atoms with E-state index in [2.05, 4.69) is 0 Å². The van der Waals surface area contributed by atoms with Gasteiger partial charge in [0, 0.05) is 24.2 Å². The van der Waals surface area contributed by atoms with Crippen LogP contribution in [0.15, 0.2) is 42.5 Å². The van der Waals surface area contributed by atoms with E-state index < -0.39 is 11.9 Å². The molecule has 0 aliphatic heterocycles. The third-order valence-electron chi connectivity index (χ3n) is 3.44. The number of carbonyl (C=O) groups excluding carboxylic acids is 2. The molecule has 0 amide bonds. The van der Waals surface area contributed by atoms with Crippen LogP contribution in [0.4, 0.5) is 0 Å². The van der Waals surface area contributed by atoms with E-state index in [1.807, 2.05) is 58.1 Å². The summed E-state index contributed by atoms with van der Waals surface area (Å²) in [5.74, 6) is -1.82. The van der Waals surface area contributed by atoms with E-state index in [0.29, 0.717) is 5.56 Å². The van der Waals surface area contributed by atoms with Crippen LogP contribution in [0.5, 0.6) is 0 Å². The van der Waals surface area contributed by atoms with Crippen molar-refractivity contribution in [1.29, 1.82) is 0 Å². The van der Waals surface area contributed by atoms with Crippen molar-refractivity contribution in [2.45, 2.75) is 41.0 Å². The molecule has 1 N–H and O–H groups in total. The van der Waals surface area contributed by atoms with Gasteiger partial charge in [-0.05, 0) is 25.0 Å². The number of thioether (sulfide) groups is 1. The molecule has 142 valence electrons. The molecule has 5 heteroatoms. The maximum absolute atomic E-state index is 12.6. The summed E-state index contributed by atoms with van der Waals surface area (Å²) < 4.78 is 0. The summed E-state index contributed by atoms with van der Waals surface area (Å²) in [7, 11) is 0. The Morgan fingerprint density at radius 2 is 1.62 bits per heavy atom. The van der Waals surface area contributed by atoms with E-state index in [9.17, 15) is 14.4 Å². The number of benzene rings is 1. The van der Waals surface area contributed by atoms with Gasteiger partial charge >= 0.3 is 5.97 Å². The minimum absolute atomic E-state index is 0.127. The van der Waals surface area contributed by atoms with Crippen LogP contribution in [-0.4, -0.2) is 27.7 Å². The summed E-state index contributed by atoms with van der Waals surface area (Å²) in [6, 6.07) is 7.10. The average Bonchev–Trinajstić information content (AvgIpc) is 2.64. The van der Waals surface area contributed by atoms with Crippen LogP contribution in [0.3, 0.4) is 0 Å². The zero-order chi connectivity index (χ0) is 20.1. The molecule has 1 unspecified atom stereocenters. The molecule has 4 nitrogen and oxygen atoms in total. The molecule has 1 aromatic rings. The van der Waals surface area contributed by atoms with Gasteiger partial charge in [0.15, 0.2) is 10.9 Å². The molecular weight excluding hydrogens is 348 g/mol. The molecule has 0 heterocycles. The number of carboxylic acid groups (broad SMARTS) is 1. The van der Waals surface area contributed by atoms with Gasteiger partial charge < -0.3 is 5.11 Å². The van der Waals surface area contributed by atoms with Gasteiger partial charge in [-0.3, -0.25) is 14.4 Å². The van der Waals surface area contributed by atoms with E-state index in [0.717, 1.165) is 22.9 Å². The lowest BCUT2D eigenvalue weighted by atomic mass is 9.94. The van der Waals surface area contributed by atoms with Crippen molar-refractivity contribution in [2.75, 3.05) is 5.75 Å². The molecule has 1 rings (SSSR count). The number of rotatable bonds is 8. The Labute approximate surface area is 160 Å². The largest absolute Gasteiger partial charge is 0.481 e. The molecule has 0 spiro atoms. The second-order valence-corrected chi connectivity index (χ2v) is 6.48.